The minimum atomic E-state index is -0.580. The van der Waals surface area contributed by atoms with Crippen LogP contribution in [0.5, 0.6) is 0 Å². The van der Waals surface area contributed by atoms with Crippen molar-refractivity contribution in [1.82, 2.24) is 4.98 Å². The predicted molar refractivity (Wildman–Crippen MR) is 71.1 cm³/mol. The molecule has 1 aromatic heterocycles. The monoisotopic (exact) mass is 272 g/mol. The van der Waals surface area contributed by atoms with Crippen molar-refractivity contribution in [2.45, 2.75) is 19.9 Å². The molecule has 20 heavy (non-hydrogen) atoms. The first kappa shape index (κ1) is 13.5. The van der Waals surface area contributed by atoms with Crippen LogP contribution in [0.3, 0.4) is 0 Å². The average Bonchev–Trinajstić information content (AvgIpc) is 2.85. The smallest absolute Gasteiger partial charge is 0.289 e. The zero-order valence-corrected chi connectivity index (χ0v) is 11.0. The molecule has 1 N–H and O–H groups in total. The molecule has 1 heterocycles. The zero-order valence-electron chi connectivity index (χ0n) is 11.0. The Morgan fingerprint density at radius 2 is 2.30 bits per heavy atom. The van der Waals surface area contributed by atoms with Crippen molar-refractivity contribution < 1.29 is 9.34 Å². The van der Waals surface area contributed by atoms with E-state index in [-0.39, 0.29) is 17.3 Å². The van der Waals surface area contributed by atoms with Gasteiger partial charge in [0.2, 0.25) is 5.89 Å². The molecule has 0 aliphatic heterocycles. The first-order chi connectivity index (χ1) is 9.51. The van der Waals surface area contributed by atoms with Crippen molar-refractivity contribution in [3.63, 3.8) is 0 Å². The van der Waals surface area contributed by atoms with Crippen LogP contribution in [0, 0.1) is 28.4 Å². The molecule has 7 heteroatoms. The number of hydrogen-bond donors (Lipinski definition) is 1. The number of nitriles is 1. The van der Waals surface area contributed by atoms with Crippen LogP contribution in [0.2, 0.25) is 0 Å². The van der Waals surface area contributed by atoms with E-state index in [1.807, 2.05) is 6.92 Å². The number of hydrogen-bond acceptors (Lipinski definition) is 6. The van der Waals surface area contributed by atoms with E-state index in [1.165, 1.54) is 12.1 Å². The summed E-state index contributed by atoms with van der Waals surface area (Å²) in [6, 6.07) is 5.90. The molecule has 0 aliphatic carbocycles. The van der Waals surface area contributed by atoms with E-state index >= 15 is 0 Å². The summed E-state index contributed by atoms with van der Waals surface area (Å²) in [5, 5.41) is 22.8. The number of nitro benzene ring substituents is 1. The molecular weight excluding hydrogens is 260 g/mol. The summed E-state index contributed by atoms with van der Waals surface area (Å²) in [5.74, 6) is 1.19. The topological polar surface area (TPSA) is 105 Å². The fraction of sp³-hybridized carbons (Fsp3) is 0.231. The standard InChI is InChI=1S/C13H12N4O3/c1-8-7-15-13(20-8)9(2)16-11-4-3-10(6-14)12(5-11)17(18)19/h3-5,7,9,16H,1-2H3. The van der Waals surface area contributed by atoms with Crippen molar-refractivity contribution in [1.29, 1.82) is 5.26 Å². The van der Waals surface area contributed by atoms with Crippen molar-refractivity contribution in [2.75, 3.05) is 5.32 Å². The highest BCUT2D eigenvalue weighted by atomic mass is 16.6. The van der Waals surface area contributed by atoms with Gasteiger partial charge in [-0.3, -0.25) is 10.1 Å². The minimum Gasteiger partial charge on any atom is -0.444 e. The van der Waals surface area contributed by atoms with Gasteiger partial charge in [0.05, 0.1) is 11.1 Å². The Kier molecular flexibility index (Phi) is 3.66. The van der Waals surface area contributed by atoms with Crippen molar-refractivity contribution in [3.05, 3.63) is 51.7 Å². The molecule has 0 saturated heterocycles. The minimum absolute atomic E-state index is 0.0279. The van der Waals surface area contributed by atoms with Gasteiger partial charge in [0.25, 0.3) is 5.69 Å². The van der Waals surface area contributed by atoms with Crippen LogP contribution in [0.15, 0.2) is 28.8 Å². The number of nitro groups is 1. The fourth-order valence-corrected chi connectivity index (χ4v) is 1.75. The predicted octanol–water partition coefficient (Wildman–Crippen LogP) is 2.94. The van der Waals surface area contributed by atoms with Crippen LogP contribution in [0.4, 0.5) is 11.4 Å². The Labute approximate surface area is 115 Å². The lowest BCUT2D eigenvalue weighted by Gasteiger charge is -2.11. The Bertz CT molecular complexity index is 687. The summed E-state index contributed by atoms with van der Waals surface area (Å²) in [7, 11) is 0. The lowest BCUT2D eigenvalue weighted by molar-refractivity contribution is -0.385. The molecule has 0 saturated carbocycles. The van der Waals surface area contributed by atoms with E-state index in [4.69, 9.17) is 9.68 Å². The molecule has 2 aromatic rings. The normalized spacial score (nSPS) is 11.7. The van der Waals surface area contributed by atoms with Crippen LogP contribution in [-0.4, -0.2) is 9.91 Å². The lowest BCUT2D eigenvalue weighted by Crippen LogP contribution is -2.07. The van der Waals surface area contributed by atoms with Gasteiger partial charge < -0.3 is 9.73 Å². The van der Waals surface area contributed by atoms with Crippen molar-refractivity contribution >= 4 is 11.4 Å². The van der Waals surface area contributed by atoms with Crippen LogP contribution >= 0.6 is 0 Å². The summed E-state index contributed by atoms with van der Waals surface area (Å²) in [5.41, 5.74) is 0.326. The summed E-state index contributed by atoms with van der Waals surface area (Å²) in [6.45, 7) is 3.62. The van der Waals surface area contributed by atoms with Gasteiger partial charge in [-0.05, 0) is 26.0 Å². The van der Waals surface area contributed by atoms with Crippen LogP contribution in [0.1, 0.15) is 30.2 Å². The van der Waals surface area contributed by atoms with E-state index in [2.05, 4.69) is 10.3 Å². The van der Waals surface area contributed by atoms with Gasteiger partial charge in [-0.1, -0.05) is 0 Å². The Morgan fingerprint density at radius 3 is 2.85 bits per heavy atom. The highest BCUT2D eigenvalue weighted by Crippen LogP contribution is 2.25. The first-order valence-corrected chi connectivity index (χ1v) is 5.88. The molecule has 2 rings (SSSR count). The second kappa shape index (κ2) is 5.40. The molecule has 0 aliphatic rings. The highest BCUT2D eigenvalue weighted by molar-refractivity contribution is 5.59. The van der Waals surface area contributed by atoms with E-state index in [1.54, 1.807) is 25.3 Å². The van der Waals surface area contributed by atoms with E-state index in [0.29, 0.717) is 17.3 Å². The number of aromatic nitrogens is 1. The molecule has 1 atom stereocenters. The van der Waals surface area contributed by atoms with Gasteiger partial charge in [0.1, 0.15) is 23.4 Å². The summed E-state index contributed by atoms with van der Waals surface area (Å²) in [6.07, 6.45) is 1.61. The maximum absolute atomic E-state index is 10.9. The number of rotatable bonds is 4. The molecule has 0 radical (unpaired) electrons. The van der Waals surface area contributed by atoms with E-state index < -0.39 is 4.92 Å². The second-order valence-corrected chi connectivity index (χ2v) is 4.28. The summed E-state index contributed by atoms with van der Waals surface area (Å²) in [4.78, 5) is 14.4. The van der Waals surface area contributed by atoms with Crippen LogP contribution in [0.25, 0.3) is 0 Å². The number of oxazole rings is 1. The maximum Gasteiger partial charge on any atom is 0.289 e. The molecular formula is C13H12N4O3. The molecule has 0 amide bonds. The molecule has 0 bridgehead atoms. The molecule has 7 nitrogen and oxygen atoms in total. The number of anilines is 1. The number of benzene rings is 1. The van der Waals surface area contributed by atoms with Crippen LogP contribution < -0.4 is 5.32 Å². The van der Waals surface area contributed by atoms with Crippen molar-refractivity contribution in [3.8, 4) is 6.07 Å². The largest absolute Gasteiger partial charge is 0.444 e. The zero-order chi connectivity index (χ0) is 14.7. The average molecular weight is 272 g/mol. The molecule has 102 valence electrons. The van der Waals surface area contributed by atoms with Gasteiger partial charge in [-0.2, -0.15) is 5.26 Å². The van der Waals surface area contributed by atoms with Gasteiger partial charge in [-0.25, -0.2) is 4.98 Å². The highest BCUT2D eigenvalue weighted by Gasteiger charge is 2.16. The van der Waals surface area contributed by atoms with Crippen LogP contribution in [-0.2, 0) is 0 Å². The second-order valence-electron chi connectivity index (χ2n) is 4.28. The SMILES string of the molecule is Cc1cnc(C(C)Nc2ccc(C#N)c([N+](=O)[O-])c2)o1. The Hall–Kier alpha value is -2.88. The Morgan fingerprint density at radius 1 is 1.55 bits per heavy atom. The third-order valence-electron chi connectivity index (χ3n) is 2.71. The quantitative estimate of drug-likeness (QED) is 0.677. The van der Waals surface area contributed by atoms with Gasteiger partial charge in [0, 0.05) is 11.8 Å². The number of nitrogens with zero attached hydrogens (tertiary/aromatic N) is 3. The van der Waals surface area contributed by atoms with Crippen molar-refractivity contribution in [2.24, 2.45) is 0 Å². The maximum atomic E-state index is 10.9. The molecule has 0 fully saturated rings. The summed E-state index contributed by atoms with van der Waals surface area (Å²) < 4.78 is 5.38. The van der Waals surface area contributed by atoms with Gasteiger partial charge in [-0.15, -0.1) is 0 Å². The number of nitrogens with one attached hydrogen (secondary N) is 1. The number of aryl methyl sites for hydroxylation is 1. The third kappa shape index (κ3) is 2.75. The first-order valence-electron chi connectivity index (χ1n) is 5.88. The van der Waals surface area contributed by atoms with E-state index in [0.717, 1.165) is 0 Å². The fourth-order valence-electron chi connectivity index (χ4n) is 1.75. The van der Waals surface area contributed by atoms with Gasteiger partial charge in [0.15, 0.2) is 0 Å². The molecule has 0 spiro atoms. The third-order valence-corrected chi connectivity index (χ3v) is 2.71. The Balaban J connectivity index is 2.24. The summed E-state index contributed by atoms with van der Waals surface area (Å²) >= 11 is 0. The van der Waals surface area contributed by atoms with E-state index in [9.17, 15) is 10.1 Å². The molecule has 1 aromatic carbocycles. The lowest BCUT2D eigenvalue weighted by atomic mass is 10.1. The van der Waals surface area contributed by atoms with Gasteiger partial charge >= 0.3 is 0 Å². The molecule has 1 unspecified atom stereocenters.